The lowest BCUT2D eigenvalue weighted by Gasteiger charge is -2.19. The first kappa shape index (κ1) is 12.6. The number of hydrogen-bond donors (Lipinski definition) is 1. The Bertz CT molecular complexity index is 331. The molecule has 1 aromatic heterocycles. The van der Waals surface area contributed by atoms with Crippen molar-refractivity contribution in [3.63, 3.8) is 0 Å². The third kappa shape index (κ3) is 3.07. The smallest absolute Gasteiger partial charge is 0.0948 e. The molecule has 2 unspecified atom stereocenters. The molecule has 0 saturated carbocycles. The van der Waals surface area contributed by atoms with Gasteiger partial charge in [-0.3, -0.25) is 0 Å². The van der Waals surface area contributed by atoms with E-state index in [4.69, 9.17) is 10.5 Å². The zero-order chi connectivity index (χ0) is 12.1. The molecule has 96 valence electrons. The topological polar surface area (TPSA) is 53.1 Å². The molecular weight excluding hydrogens is 214 g/mol. The summed E-state index contributed by atoms with van der Waals surface area (Å²) < 4.78 is 7.61. The molecule has 0 aliphatic carbocycles. The minimum atomic E-state index is 0.0710. The van der Waals surface area contributed by atoms with Crippen LogP contribution in [-0.4, -0.2) is 22.8 Å². The lowest BCUT2D eigenvalue weighted by molar-refractivity contribution is 0.180. The van der Waals surface area contributed by atoms with Gasteiger partial charge >= 0.3 is 0 Å². The molecule has 2 heterocycles. The highest BCUT2D eigenvalue weighted by atomic mass is 16.5. The zero-order valence-electron chi connectivity index (χ0n) is 10.6. The fourth-order valence-corrected chi connectivity index (χ4v) is 2.40. The van der Waals surface area contributed by atoms with Crippen LogP contribution in [0.4, 0.5) is 0 Å². The molecule has 0 radical (unpaired) electrons. The Morgan fingerprint density at radius 1 is 1.59 bits per heavy atom. The number of imidazole rings is 1. The minimum absolute atomic E-state index is 0.0710. The van der Waals surface area contributed by atoms with Gasteiger partial charge in [-0.25, -0.2) is 4.98 Å². The number of rotatable bonds is 6. The third-order valence-electron chi connectivity index (χ3n) is 3.56. The van der Waals surface area contributed by atoms with Gasteiger partial charge in [0.05, 0.1) is 24.7 Å². The van der Waals surface area contributed by atoms with Gasteiger partial charge in [-0.15, -0.1) is 0 Å². The minimum Gasteiger partial charge on any atom is -0.381 e. The molecule has 0 amide bonds. The van der Waals surface area contributed by atoms with E-state index < -0.39 is 0 Å². The van der Waals surface area contributed by atoms with Crippen LogP contribution in [0.25, 0.3) is 0 Å². The number of nitrogens with zero attached hydrogens (tertiary/aromatic N) is 2. The van der Waals surface area contributed by atoms with Crippen LogP contribution in [0.15, 0.2) is 12.5 Å². The average Bonchev–Trinajstić information content (AvgIpc) is 3.00. The Morgan fingerprint density at radius 2 is 2.47 bits per heavy atom. The van der Waals surface area contributed by atoms with E-state index in [9.17, 15) is 0 Å². The van der Waals surface area contributed by atoms with Crippen LogP contribution < -0.4 is 5.73 Å². The zero-order valence-corrected chi connectivity index (χ0v) is 10.6. The van der Waals surface area contributed by atoms with Crippen molar-refractivity contribution in [2.24, 2.45) is 11.7 Å². The highest BCUT2D eigenvalue weighted by molar-refractivity contribution is 5.07. The average molecular weight is 237 g/mol. The van der Waals surface area contributed by atoms with Gasteiger partial charge in [-0.2, -0.15) is 0 Å². The second-order valence-electron chi connectivity index (χ2n) is 4.87. The van der Waals surface area contributed by atoms with Crippen molar-refractivity contribution in [3.8, 4) is 0 Å². The SMILES string of the molecule is CCCCCn1cncc1C(N)C1CCOC1. The van der Waals surface area contributed by atoms with E-state index in [2.05, 4.69) is 16.5 Å². The largest absolute Gasteiger partial charge is 0.381 e. The molecule has 0 bridgehead atoms. The first-order chi connectivity index (χ1) is 8.33. The van der Waals surface area contributed by atoms with Crippen LogP contribution >= 0.6 is 0 Å². The summed E-state index contributed by atoms with van der Waals surface area (Å²) in [4.78, 5) is 4.24. The Balaban J connectivity index is 1.96. The number of ether oxygens (including phenoxy) is 1. The molecule has 4 nitrogen and oxygen atoms in total. The normalized spacial score (nSPS) is 21.9. The summed E-state index contributed by atoms with van der Waals surface area (Å²) in [5.41, 5.74) is 7.47. The van der Waals surface area contributed by atoms with Gasteiger partial charge in [-0.1, -0.05) is 19.8 Å². The van der Waals surface area contributed by atoms with Crippen LogP contribution in [0.3, 0.4) is 0 Å². The summed E-state index contributed by atoms with van der Waals surface area (Å²) in [6.07, 6.45) is 8.59. The van der Waals surface area contributed by atoms with E-state index in [0.29, 0.717) is 5.92 Å². The lowest BCUT2D eigenvalue weighted by atomic mass is 9.97. The predicted octanol–water partition coefficient (Wildman–Crippen LogP) is 2.11. The van der Waals surface area contributed by atoms with Crippen molar-refractivity contribution in [1.29, 1.82) is 0 Å². The summed E-state index contributed by atoms with van der Waals surface area (Å²) >= 11 is 0. The standard InChI is InChI=1S/C13H23N3O/c1-2-3-4-6-16-10-15-8-12(16)13(14)11-5-7-17-9-11/h8,10-11,13H,2-7,9,14H2,1H3. The van der Waals surface area contributed by atoms with Crippen LogP contribution in [0.5, 0.6) is 0 Å². The predicted molar refractivity (Wildman–Crippen MR) is 67.6 cm³/mol. The first-order valence-corrected chi connectivity index (χ1v) is 6.66. The van der Waals surface area contributed by atoms with E-state index >= 15 is 0 Å². The second-order valence-corrected chi connectivity index (χ2v) is 4.87. The van der Waals surface area contributed by atoms with Crippen LogP contribution in [-0.2, 0) is 11.3 Å². The molecule has 1 aromatic rings. The van der Waals surface area contributed by atoms with Gasteiger partial charge in [0.15, 0.2) is 0 Å². The highest BCUT2D eigenvalue weighted by Gasteiger charge is 2.26. The third-order valence-corrected chi connectivity index (χ3v) is 3.56. The molecule has 1 aliphatic heterocycles. The number of nitrogens with two attached hydrogens (primary N) is 1. The fourth-order valence-electron chi connectivity index (χ4n) is 2.40. The number of aromatic nitrogens is 2. The molecular formula is C13H23N3O. The van der Waals surface area contributed by atoms with Gasteiger partial charge < -0.3 is 15.0 Å². The van der Waals surface area contributed by atoms with E-state index in [0.717, 1.165) is 31.9 Å². The van der Waals surface area contributed by atoms with E-state index in [1.807, 2.05) is 12.5 Å². The Morgan fingerprint density at radius 3 is 3.18 bits per heavy atom. The summed E-state index contributed by atoms with van der Waals surface area (Å²) in [6.45, 7) is 4.89. The van der Waals surface area contributed by atoms with Crippen molar-refractivity contribution in [3.05, 3.63) is 18.2 Å². The first-order valence-electron chi connectivity index (χ1n) is 6.66. The van der Waals surface area contributed by atoms with Gasteiger partial charge in [-0.05, 0) is 12.8 Å². The number of hydrogen-bond acceptors (Lipinski definition) is 3. The summed E-state index contributed by atoms with van der Waals surface area (Å²) in [6, 6.07) is 0.0710. The maximum Gasteiger partial charge on any atom is 0.0948 e. The quantitative estimate of drug-likeness (QED) is 0.771. The summed E-state index contributed by atoms with van der Waals surface area (Å²) in [7, 11) is 0. The highest BCUT2D eigenvalue weighted by Crippen LogP contribution is 2.26. The maximum atomic E-state index is 6.31. The molecule has 1 saturated heterocycles. The fraction of sp³-hybridized carbons (Fsp3) is 0.769. The molecule has 17 heavy (non-hydrogen) atoms. The van der Waals surface area contributed by atoms with Gasteiger partial charge in [0.2, 0.25) is 0 Å². The summed E-state index contributed by atoms with van der Waals surface area (Å²) in [5.74, 6) is 0.455. The van der Waals surface area contributed by atoms with Crippen LogP contribution in [0.2, 0.25) is 0 Å². The second kappa shape index (κ2) is 6.17. The van der Waals surface area contributed by atoms with Crippen LogP contribution in [0, 0.1) is 5.92 Å². The molecule has 2 N–H and O–H groups in total. The van der Waals surface area contributed by atoms with Gasteiger partial charge in [0, 0.05) is 25.3 Å². The summed E-state index contributed by atoms with van der Waals surface area (Å²) in [5, 5.41) is 0. The molecule has 1 aliphatic rings. The van der Waals surface area contributed by atoms with E-state index in [-0.39, 0.29) is 6.04 Å². The lowest BCUT2D eigenvalue weighted by Crippen LogP contribution is -2.24. The van der Waals surface area contributed by atoms with E-state index in [1.165, 1.54) is 19.3 Å². The van der Waals surface area contributed by atoms with Gasteiger partial charge in [0.1, 0.15) is 0 Å². The Labute approximate surface area is 103 Å². The van der Waals surface area contributed by atoms with E-state index in [1.54, 1.807) is 0 Å². The Hall–Kier alpha value is -0.870. The number of aryl methyl sites for hydroxylation is 1. The van der Waals surface area contributed by atoms with Crippen molar-refractivity contribution in [1.82, 2.24) is 9.55 Å². The molecule has 4 heteroatoms. The monoisotopic (exact) mass is 237 g/mol. The van der Waals surface area contributed by atoms with Crippen molar-refractivity contribution >= 4 is 0 Å². The molecule has 2 rings (SSSR count). The molecule has 0 spiro atoms. The molecule has 0 aromatic carbocycles. The number of unbranched alkanes of at least 4 members (excludes halogenated alkanes) is 2. The molecule has 1 fully saturated rings. The van der Waals surface area contributed by atoms with Gasteiger partial charge in [0.25, 0.3) is 0 Å². The Kier molecular flexibility index (Phi) is 4.57. The van der Waals surface area contributed by atoms with Crippen LogP contribution in [0.1, 0.15) is 44.3 Å². The maximum absolute atomic E-state index is 6.31. The van der Waals surface area contributed by atoms with Crippen molar-refractivity contribution in [2.75, 3.05) is 13.2 Å². The molecule has 2 atom stereocenters. The van der Waals surface area contributed by atoms with Crippen molar-refractivity contribution in [2.45, 2.75) is 45.2 Å². The van der Waals surface area contributed by atoms with Crippen molar-refractivity contribution < 1.29 is 4.74 Å².